The Morgan fingerprint density at radius 3 is 2.55 bits per heavy atom. The van der Waals surface area contributed by atoms with Crippen molar-refractivity contribution in [1.29, 1.82) is 0 Å². The van der Waals surface area contributed by atoms with E-state index in [2.05, 4.69) is 15.2 Å². The summed E-state index contributed by atoms with van der Waals surface area (Å²) in [5.74, 6) is 0. The molecule has 0 N–H and O–H groups in total. The highest BCUT2D eigenvalue weighted by Gasteiger charge is 2.35. The van der Waals surface area contributed by atoms with Gasteiger partial charge in [0.2, 0.25) is 0 Å². The summed E-state index contributed by atoms with van der Waals surface area (Å²) in [6, 6.07) is 2.49. The first kappa shape index (κ1) is 12.6. The first-order chi connectivity index (χ1) is 9.34. The van der Waals surface area contributed by atoms with Crippen LogP contribution in [0.2, 0.25) is 0 Å². The Labute approximate surface area is 111 Å². The van der Waals surface area contributed by atoms with Gasteiger partial charge >= 0.3 is 6.18 Å². The predicted octanol–water partition coefficient (Wildman–Crippen LogP) is 2.46. The van der Waals surface area contributed by atoms with Crippen LogP contribution < -0.4 is 0 Å². The van der Waals surface area contributed by atoms with Gasteiger partial charge in [-0.15, -0.1) is 0 Å². The normalized spacial score (nSPS) is 12.2. The minimum absolute atomic E-state index is 0.163. The van der Waals surface area contributed by atoms with E-state index in [1.54, 1.807) is 20.2 Å². The molecule has 0 saturated heterocycles. The van der Waals surface area contributed by atoms with Gasteiger partial charge in [-0.2, -0.15) is 23.4 Å². The van der Waals surface area contributed by atoms with Crippen molar-refractivity contribution in [2.75, 3.05) is 0 Å². The van der Waals surface area contributed by atoms with E-state index in [1.165, 1.54) is 16.9 Å². The summed E-state index contributed by atoms with van der Waals surface area (Å²) in [4.78, 5) is 4.20. The van der Waals surface area contributed by atoms with Crippen LogP contribution in [0.25, 0.3) is 16.9 Å². The number of alkyl halides is 3. The average Bonchev–Trinajstić information content (AvgIpc) is 2.91. The van der Waals surface area contributed by atoms with E-state index in [9.17, 15) is 13.2 Å². The molecule has 3 aromatic rings. The van der Waals surface area contributed by atoms with Gasteiger partial charge in [-0.25, -0.2) is 9.50 Å². The van der Waals surface area contributed by atoms with Gasteiger partial charge in [0.25, 0.3) is 0 Å². The minimum Gasteiger partial charge on any atom is -0.275 e. The lowest BCUT2D eigenvalue weighted by atomic mass is 10.2. The van der Waals surface area contributed by atoms with Crippen LogP contribution in [0, 0.1) is 6.92 Å². The van der Waals surface area contributed by atoms with Crippen molar-refractivity contribution in [1.82, 2.24) is 24.4 Å². The SMILES string of the molecule is Cc1cc2nc(-c3cnn(C)c3)cc(C(F)(F)F)n2n1. The van der Waals surface area contributed by atoms with E-state index in [1.807, 2.05) is 0 Å². The molecule has 3 rings (SSSR count). The van der Waals surface area contributed by atoms with Gasteiger partial charge in [-0.05, 0) is 13.0 Å². The molecule has 0 aliphatic heterocycles. The molecule has 3 heterocycles. The number of halogens is 3. The summed E-state index contributed by atoms with van der Waals surface area (Å²) >= 11 is 0. The number of hydrogen-bond acceptors (Lipinski definition) is 3. The highest BCUT2D eigenvalue weighted by molar-refractivity contribution is 5.61. The van der Waals surface area contributed by atoms with E-state index in [-0.39, 0.29) is 11.3 Å². The fourth-order valence-corrected chi connectivity index (χ4v) is 1.99. The van der Waals surface area contributed by atoms with Crippen LogP contribution in [0.15, 0.2) is 24.5 Å². The number of fused-ring (bicyclic) bond motifs is 1. The molecule has 5 nitrogen and oxygen atoms in total. The summed E-state index contributed by atoms with van der Waals surface area (Å²) in [7, 11) is 1.69. The zero-order valence-electron chi connectivity index (χ0n) is 10.7. The molecule has 0 amide bonds. The molecule has 0 unspecified atom stereocenters. The second-order valence-corrected chi connectivity index (χ2v) is 4.48. The van der Waals surface area contributed by atoms with Crippen molar-refractivity contribution in [3.8, 4) is 11.3 Å². The number of hydrogen-bond donors (Lipinski definition) is 0. The highest BCUT2D eigenvalue weighted by Crippen LogP contribution is 2.32. The van der Waals surface area contributed by atoms with Crippen LogP contribution in [0.1, 0.15) is 11.4 Å². The van der Waals surface area contributed by atoms with Gasteiger partial charge in [-0.1, -0.05) is 0 Å². The number of rotatable bonds is 1. The Hall–Kier alpha value is -2.38. The maximum absolute atomic E-state index is 13.1. The number of aromatic nitrogens is 5. The van der Waals surface area contributed by atoms with Crippen molar-refractivity contribution in [2.45, 2.75) is 13.1 Å². The fourth-order valence-electron chi connectivity index (χ4n) is 1.99. The fraction of sp³-hybridized carbons (Fsp3) is 0.250. The molecule has 0 spiro atoms. The maximum atomic E-state index is 13.1. The number of aryl methyl sites for hydroxylation is 2. The van der Waals surface area contributed by atoms with Crippen LogP contribution in [0.5, 0.6) is 0 Å². The Bertz CT molecular complexity index is 784. The van der Waals surface area contributed by atoms with Crippen molar-refractivity contribution < 1.29 is 13.2 Å². The summed E-state index contributed by atoms with van der Waals surface area (Å²) in [5.41, 5.74) is 0.536. The first-order valence-electron chi connectivity index (χ1n) is 5.78. The largest absolute Gasteiger partial charge is 0.433 e. The average molecular weight is 281 g/mol. The van der Waals surface area contributed by atoms with Gasteiger partial charge in [-0.3, -0.25) is 4.68 Å². The second-order valence-electron chi connectivity index (χ2n) is 4.48. The zero-order chi connectivity index (χ0) is 14.5. The maximum Gasteiger partial charge on any atom is 0.433 e. The smallest absolute Gasteiger partial charge is 0.275 e. The lowest BCUT2D eigenvalue weighted by Gasteiger charge is -2.10. The molecule has 3 aromatic heterocycles. The van der Waals surface area contributed by atoms with Crippen molar-refractivity contribution in [3.05, 3.63) is 35.9 Å². The molecule has 0 radical (unpaired) electrons. The van der Waals surface area contributed by atoms with Crippen LogP contribution >= 0.6 is 0 Å². The van der Waals surface area contributed by atoms with E-state index in [4.69, 9.17) is 0 Å². The predicted molar refractivity (Wildman–Crippen MR) is 64.9 cm³/mol. The third kappa shape index (κ3) is 2.02. The first-order valence-corrected chi connectivity index (χ1v) is 5.78. The molecule has 104 valence electrons. The minimum atomic E-state index is -4.50. The van der Waals surface area contributed by atoms with E-state index >= 15 is 0 Å². The molecule has 0 aliphatic rings. The quantitative estimate of drug-likeness (QED) is 0.688. The van der Waals surface area contributed by atoms with Gasteiger partial charge < -0.3 is 0 Å². The van der Waals surface area contributed by atoms with Crippen LogP contribution in [0.3, 0.4) is 0 Å². The van der Waals surface area contributed by atoms with Crippen molar-refractivity contribution >= 4 is 5.65 Å². The summed E-state index contributed by atoms with van der Waals surface area (Å²) in [6.45, 7) is 1.62. The van der Waals surface area contributed by atoms with Gasteiger partial charge in [0.05, 0.1) is 17.6 Å². The van der Waals surface area contributed by atoms with Gasteiger partial charge in [0, 0.05) is 24.9 Å². The van der Waals surface area contributed by atoms with E-state index in [0.29, 0.717) is 11.3 Å². The van der Waals surface area contributed by atoms with Crippen LogP contribution in [0.4, 0.5) is 13.2 Å². The lowest BCUT2D eigenvalue weighted by Crippen LogP contribution is -2.13. The topological polar surface area (TPSA) is 48.0 Å². The lowest BCUT2D eigenvalue weighted by molar-refractivity contribution is -0.142. The monoisotopic (exact) mass is 281 g/mol. The molecule has 0 fully saturated rings. The molecule has 8 heteroatoms. The Kier molecular flexibility index (Phi) is 2.56. The van der Waals surface area contributed by atoms with Crippen LogP contribution in [-0.2, 0) is 13.2 Å². The second kappa shape index (κ2) is 4.06. The molecule has 0 atom stereocenters. The van der Waals surface area contributed by atoms with Gasteiger partial charge in [0.15, 0.2) is 11.3 Å². The van der Waals surface area contributed by atoms with E-state index in [0.717, 1.165) is 10.6 Å². The van der Waals surface area contributed by atoms with E-state index < -0.39 is 11.9 Å². The standard InChI is InChI=1S/C12H10F3N5/c1-7-3-11-17-9(8-5-16-19(2)6-8)4-10(12(13,14)15)20(11)18-7/h3-6H,1-2H3. The summed E-state index contributed by atoms with van der Waals surface area (Å²) in [5, 5.41) is 7.78. The summed E-state index contributed by atoms with van der Waals surface area (Å²) in [6.07, 6.45) is -1.42. The zero-order valence-corrected chi connectivity index (χ0v) is 10.7. The van der Waals surface area contributed by atoms with Crippen molar-refractivity contribution in [2.24, 2.45) is 7.05 Å². The molecule has 0 aromatic carbocycles. The molecule has 0 bridgehead atoms. The number of nitrogens with zero attached hydrogens (tertiary/aromatic N) is 5. The Morgan fingerprint density at radius 1 is 1.20 bits per heavy atom. The molecular formula is C12H10F3N5. The molecule has 20 heavy (non-hydrogen) atoms. The summed E-state index contributed by atoms with van der Waals surface area (Å²) < 4.78 is 41.7. The molecule has 0 aliphatic carbocycles. The molecular weight excluding hydrogens is 271 g/mol. The Morgan fingerprint density at radius 2 is 1.95 bits per heavy atom. The van der Waals surface area contributed by atoms with Gasteiger partial charge in [0.1, 0.15) is 0 Å². The Balaban J connectivity index is 2.30. The third-order valence-corrected chi connectivity index (χ3v) is 2.84. The highest BCUT2D eigenvalue weighted by atomic mass is 19.4. The van der Waals surface area contributed by atoms with Crippen LogP contribution in [-0.4, -0.2) is 24.4 Å². The van der Waals surface area contributed by atoms with Crippen molar-refractivity contribution in [3.63, 3.8) is 0 Å². The third-order valence-electron chi connectivity index (χ3n) is 2.84. The molecule has 0 saturated carbocycles.